The van der Waals surface area contributed by atoms with Crippen molar-refractivity contribution in [3.05, 3.63) is 40.4 Å². The SMILES string of the molecule is CC(C)Sc1c(C#N)cnc2ccc(C=C3SC(=NCC(O)CO)NC3=O)cc12. The number of thioether (sulfide) groups is 2. The molecule has 1 amide bonds. The summed E-state index contributed by atoms with van der Waals surface area (Å²) in [5.41, 5.74) is 2.14. The summed E-state index contributed by atoms with van der Waals surface area (Å²) in [4.78, 5) is 22.1. The number of nitriles is 1. The Hall–Kier alpha value is -2.38. The number of amides is 1. The van der Waals surface area contributed by atoms with Crippen LogP contribution in [-0.2, 0) is 4.79 Å². The van der Waals surface area contributed by atoms with Crippen LogP contribution in [0, 0.1) is 11.3 Å². The van der Waals surface area contributed by atoms with E-state index >= 15 is 0 Å². The van der Waals surface area contributed by atoms with Crippen LogP contribution in [0.15, 0.2) is 39.2 Å². The van der Waals surface area contributed by atoms with Gasteiger partial charge in [-0.2, -0.15) is 5.26 Å². The van der Waals surface area contributed by atoms with Gasteiger partial charge in [-0.1, -0.05) is 19.9 Å². The Labute approximate surface area is 176 Å². The van der Waals surface area contributed by atoms with Crippen LogP contribution in [0.2, 0.25) is 0 Å². The summed E-state index contributed by atoms with van der Waals surface area (Å²) in [6.07, 6.45) is 2.40. The van der Waals surface area contributed by atoms with Crippen molar-refractivity contribution in [2.24, 2.45) is 4.99 Å². The lowest BCUT2D eigenvalue weighted by Gasteiger charge is -2.11. The van der Waals surface area contributed by atoms with Gasteiger partial charge in [-0.3, -0.25) is 14.8 Å². The normalized spacial score (nSPS) is 17.9. The molecule has 0 spiro atoms. The van der Waals surface area contributed by atoms with E-state index in [1.54, 1.807) is 24.0 Å². The van der Waals surface area contributed by atoms with Crippen molar-refractivity contribution < 1.29 is 15.0 Å². The van der Waals surface area contributed by atoms with E-state index in [1.165, 1.54) is 11.8 Å². The number of aliphatic hydroxyl groups is 2. The van der Waals surface area contributed by atoms with Gasteiger partial charge in [0, 0.05) is 21.7 Å². The van der Waals surface area contributed by atoms with Crippen molar-refractivity contribution in [1.82, 2.24) is 10.3 Å². The maximum Gasteiger partial charge on any atom is 0.264 e. The average molecular weight is 429 g/mol. The standard InChI is InChI=1S/C20H20N4O3S2/c1-11(2)28-18-13(7-21)8-22-16-4-3-12(5-15(16)18)6-17-19(27)24-20(29-17)23-9-14(26)10-25/h3-6,8,11,14,25-26H,9-10H2,1-2H3,(H,23,24,27). The molecule has 1 aliphatic heterocycles. The number of aromatic nitrogens is 1. The molecule has 29 heavy (non-hydrogen) atoms. The van der Waals surface area contributed by atoms with Crippen molar-refractivity contribution in [2.45, 2.75) is 30.1 Å². The van der Waals surface area contributed by atoms with E-state index in [0.717, 1.165) is 21.4 Å². The van der Waals surface area contributed by atoms with E-state index in [2.05, 4.69) is 35.2 Å². The molecule has 1 aromatic carbocycles. The van der Waals surface area contributed by atoms with Crippen molar-refractivity contribution in [3.63, 3.8) is 0 Å². The molecule has 9 heteroatoms. The number of benzene rings is 1. The second-order valence-corrected chi connectivity index (χ2v) is 9.22. The topological polar surface area (TPSA) is 119 Å². The summed E-state index contributed by atoms with van der Waals surface area (Å²) < 4.78 is 0. The Morgan fingerprint density at radius 1 is 1.45 bits per heavy atom. The highest BCUT2D eigenvalue weighted by molar-refractivity contribution is 8.18. The van der Waals surface area contributed by atoms with Gasteiger partial charge in [0.05, 0.1) is 35.2 Å². The molecule has 0 bridgehead atoms. The molecule has 0 radical (unpaired) electrons. The number of fused-ring (bicyclic) bond motifs is 1. The third-order valence-corrected chi connectivity index (χ3v) is 6.02. The van der Waals surface area contributed by atoms with Crippen LogP contribution >= 0.6 is 23.5 Å². The van der Waals surface area contributed by atoms with E-state index < -0.39 is 6.10 Å². The van der Waals surface area contributed by atoms with Gasteiger partial charge in [0.1, 0.15) is 6.07 Å². The second-order valence-electron chi connectivity index (χ2n) is 6.60. The zero-order valence-electron chi connectivity index (χ0n) is 15.9. The second kappa shape index (κ2) is 9.41. The summed E-state index contributed by atoms with van der Waals surface area (Å²) in [5, 5.41) is 31.9. The minimum Gasteiger partial charge on any atom is -0.394 e. The van der Waals surface area contributed by atoms with Crippen LogP contribution in [0.1, 0.15) is 25.0 Å². The number of nitrogens with zero attached hydrogens (tertiary/aromatic N) is 3. The van der Waals surface area contributed by atoms with E-state index in [1.807, 2.05) is 18.2 Å². The number of carbonyl (C=O) groups is 1. The van der Waals surface area contributed by atoms with Crippen LogP contribution in [0.4, 0.5) is 0 Å². The first kappa shape index (κ1) is 21.3. The van der Waals surface area contributed by atoms with Crippen molar-refractivity contribution in [3.8, 4) is 6.07 Å². The molecule has 150 valence electrons. The monoisotopic (exact) mass is 428 g/mol. The fraction of sp³-hybridized carbons (Fsp3) is 0.300. The Kier molecular flexibility index (Phi) is 6.92. The molecule has 1 fully saturated rings. The molecule has 1 atom stereocenters. The first-order chi connectivity index (χ1) is 13.9. The number of hydrogen-bond donors (Lipinski definition) is 3. The summed E-state index contributed by atoms with van der Waals surface area (Å²) in [5.74, 6) is -0.270. The molecule has 1 unspecified atom stereocenters. The third-order valence-electron chi connectivity index (χ3n) is 3.92. The highest BCUT2D eigenvalue weighted by Crippen LogP contribution is 2.34. The number of aliphatic hydroxyl groups excluding tert-OH is 2. The number of hydrogen-bond acceptors (Lipinski definition) is 8. The molecule has 1 aromatic heterocycles. The molecular weight excluding hydrogens is 408 g/mol. The lowest BCUT2D eigenvalue weighted by atomic mass is 10.1. The number of carbonyl (C=O) groups excluding carboxylic acids is 1. The van der Waals surface area contributed by atoms with E-state index in [0.29, 0.717) is 20.9 Å². The fourth-order valence-corrected chi connectivity index (χ4v) is 4.43. The van der Waals surface area contributed by atoms with Crippen molar-refractivity contribution >= 4 is 51.6 Å². The smallest absolute Gasteiger partial charge is 0.264 e. The van der Waals surface area contributed by atoms with E-state index in [9.17, 15) is 15.2 Å². The maximum atomic E-state index is 12.2. The van der Waals surface area contributed by atoms with Gasteiger partial charge >= 0.3 is 0 Å². The zero-order chi connectivity index (χ0) is 21.0. The van der Waals surface area contributed by atoms with Gasteiger partial charge in [-0.15, -0.1) is 11.8 Å². The maximum absolute atomic E-state index is 12.2. The van der Waals surface area contributed by atoms with Gasteiger partial charge in [-0.05, 0) is 35.5 Å². The minimum absolute atomic E-state index is 0.0146. The third kappa shape index (κ3) is 5.16. The van der Waals surface area contributed by atoms with Crippen LogP contribution in [0.25, 0.3) is 17.0 Å². The van der Waals surface area contributed by atoms with Gasteiger partial charge in [0.25, 0.3) is 5.91 Å². The quantitative estimate of drug-likeness (QED) is 0.478. The molecule has 0 aliphatic carbocycles. The Bertz CT molecular complexity index is 1040. The fourth-order valence-electron chi connectivity index (χ4n) is 2.62. The molecule has 2 aromatic rings. The minimum atomic E-state index is -0.952. The number of pyridine rings is 1. The first-order valence-electron chi connectivity index (χ1n) is 8.95. The van der Waals surface area contributed by atoms with Gasteiger partial charge < -0.3 is 15.5 Å². The number of aliphatic imine (C=N–C) groups is 1. The Morgan fingerprint density at radius 2 is 2.24 bits per heavy atom. The Morgan fingerprint density at radius 3 is 2.93 bits per heavy atom. The molecule has 3 N–H and O–H groups in total. The van der Waals surface area contributed by atoms with Crippen LogP contribution in [0.5, 0.6) is 0 Å². The number of amidine groups is 1. The first-order valence-corrected chi connectivity index (χ1v) is 10.6. The summed E-state index contributed by atoms with van der Waals surface area (Å²) in [7, 11) is 0. The van der Waals surface area contributed by atoms with Crippen molar-refractivity contribution in [2.75, 3.05) is 13.2 Å². The molecule has 1 saturated heterocycles. The summed E-state index contributed by atoms with van der Waals surface area (Å²) in [6.45, 7) is 3.77. The summed E-state index contributed by atoms with van der Waals surface area (Å²) in [6, 6.07) is 7.88. The highest BCUT2D eigenvalue weighted by Gasteiger charge is 2.24. The molecule has 2 heterocycles. The number of rotatable bonds is 6. The highest BCUT2D eigenvalue weighted by atomic mass is 32.2. The number of nitrogens with one attached hydrogen (secondary N) is 1. The largest absolute Gasteiger partial charge is 0.394 e. The van der Waals surface area contributed by atoms with Gasteiger partial charge in [0.2, 0.25) is 0 Å². The average Bonchev–Trinajstić information content (AvgIpc) is 3.05. The Balaban J connectivity index is 1.94. The lowest BCUT2D eigenvalue weighted by Crippen LogP contribution is -2.22. The molecular formula is C20H20N4O3S2. The van der Waals surface area contributed by atoms with E-state index in [-0.39, 0.29) is 19.1 Å². The van der Waals surface area contributed by atoms with Crippen LogP contribution < -0.4 is 5.32 Å². The van der Waals surface area contributed by atoms with Crippen molar-refractivity contribution in [1.29, 1.82) is 5.26 Å². The van der Waals surface area contributed by atoms with Crippen LogP contribution in [0.3, 0.4) is 0 Å². The van der Waals surface area contributed by atoms with Gasteiger partial charge in [-0.25, -0.2) is 0 Å². The molecule has 3 rings (SSSR count). The summed E-state index contributed by atoms with van der Waals surface area (Å²) >= 11 is 2.79. The van der Waals surface area contributed by atoms with E-state index in [4.69, 9.17) is 5.11 Å². The molecule has 7 nitrogen and oxygen atoms in total. The zero-order valence-corrected chi connectivity index (χ0v) is 17.5. The molecule has 1 aliphatic rings. The molecule has 0 saturated carbocycles. The van der Waals surface area contributed by atoms with Gasteiger partial charge in [0.15, 0.2) is 5.17 Å². The predicted molar refractivity (Wildman–Crippen MR) is 117 cm³/mol. The predicted octanol–water partition coefficient (Wildman–Crippen LogP) is 2.52. The lowest BCUT2D eigenvalue weighted by molar-refractivity contribution is -0.115. The van der Waals surface area contributed by atoms with Crippen LogP contribution in [-0.4, -0.2) is 50.8 Å².